The molecule has 0 saturated carbocycles. The van der Waals surface area contributed by atoms with Crippen molar-refractivity contribution >= 4 is 11.9 Å². The van der Waals surface area contributed by atoms with Crippen molar-refractivity contribution in [2.75, 3.05) is 13.2 Å². The van der Waals surface area contributed by atoms with Gasteiger partial charge in [-0.3, -0.25) is 9.59 Å². The Morgan fingerprint density at radius 1 is 1.48 bits per heavy atom. The first-order valence-corrected chi connectivity index (χ1v) is 7.39. The summed E-state index contributed by atoms with van der Waals surface area (Å²) in [6, 6.07) is 5.43. The minimum Gasteiger partial charge on any atom is -0.493 e. The number of rotatable bonds is 4. The number of fused-ring (bicyclic) bond motifs is 1. The van der Waals surface area contributed by atoms with E-state index >= 15 is 0 Å². The number of hydrogen-bond acceptors (Lipinski definition) is 3. The molecule has 0 bridgehead atoms. The summed E-state index contributed by atoms with van der Waals surface area (Å²) in [5.74, 6) is -0.754. The Labute approximate surface area is 123 Å². The summed E-state index contributed by atoms with van der Waals surface area (Å²) >= 11 is 0. The molecular formula is C16H19NO4. The summed E-state index contributed by atoms with van der Waals surface area (Å²) in [5.41, 5.74) is 2.01. The van der Waals surface area contributed by atoms with Crippen LogP contribution in [0.3, 0.4) is 0 Å². The fraction of sp³-hybridized carbons (Fsp3) is 0.500. The Balaban J connectivity index is 1.98. The first kappa shape index (κ1) is 13.9. The van der Waals surface area contributed by atoms with E-state index in [1.807, 2.05) is 25.1 Å². The molecule has 0 radical (unpaired) electrons. The third-order valence-electron chi connectivity index (χ3n) is 4.27. The Morgan fingerprint density at radius 2 is 2.29 bits per heavy atom. The highest BCUT2D eigenvalue weighted by Gasteiger charge is 2.44. The van der Waals surface area contributed by atoms with E-state index < -0.39 is 11.9 Å². The number of aliphatic carboxylic acids is 1. The van der Waals surface area contributed by atoms with E-state index in [0.717, 1.165) is 29.7 Å². The van der Waals surface area contributed by atoms with Gasteiger partial charge in [-0.1, -0.05) is 13.0 Å². The first-order valence-electron chi connectivity index (χ1n) is 7.39. The van der Waals surface area contributed by atoms with Gasteiger partial charge in [-0.05, 0) is 29.7 Å². The molecule has 1 aromatic carbocycles. The molecule has 21 heavy (non-hydrogen) atoms. The van der Waals surface area contributed by atoms with Gasteiger partial charge in [0.25, 0.3) is 0 Å². The maximum Gasteiger partial charge on any atom is 0.309 e. The van der Waals surface area contributed by atoms with E-state index in [9.17, 15) is 14.7 Å². The van der Waals surface area contributed by atoms with E-state index in [4.69, 9.17) is 4.74 Å². The molecule has 0 aromatic heterocycles. The Kier molecular flexibility index (Phi) is 3.57. The molecule has 2 aliphatic rings. The molecule has 1 amide bonds. The molecule has 0 spiro atoms. The molecule has 2 unspecified atom stereocenters. The SMILES string of the molecule is CCCN1C(=O)CC(C(=O)O)C1c1ccc2c(c1)CCO2. The summed E-state index contributed by atoms with van der Waals surface area (Å²) in [5, 5.41) is 9.44. The van der Waals surface area contributed by atoms with Crippen LogP contribution < -0.4 is 4.74 Å². The van der Waals surface area contributed by atoms with Crippen LogP contribution in [0.4, 0.5) is 0 Å². The second kappa shape index (κ2) is 5.39. The van der Waals surface area contributed by atoms with Crippen molar-refractivity contribution in [3.8, 4) is 5.75 Å². The predicted octanol–water partition coefficient (Wildman–Crippen LogP) is 2.01. The Bertz CT molecular complexity index is 584. The van der Waals surface area contributed by atoms with Crippen LogP contribution in [0, 0.1) is 5.92 Å². The fourth-order valence-corrected chi connectivity index (χ4v) is 3.32. The van der Waals surface area contributed by atoms with E-state index in [1.54, 1.807) is 4.90 Å². The second-order valence-corrected chi connectivity index (χ2v) is 5.65. The third-order valence-corrected chi connectivity index (χ3v) is 4.27. The molecular weight excluding hydrogens is 270 g/mol. The summed E-state index contributed by atoms with van der Waals surface area (Å²) in [4.78, 5) is 25.4. The normalized spacial score (nSPS) is 24.0. The van der Waals surface area contributed by atoms with Crippen LogP contribution in [0.15, 0.2) is 18.2 Å². The lowest BCUT2D eigenvalue weighted by atomic mass is 9.92. The van der Waals surface area contributed by atoms with E-state index in [-0.39, 0.29) is 18.4 Å². The number of carbonyl (C=O) groups is 2. The van der Waals surface area contributed by atoms with Crippen LogP contribution in [0.25, 0.3) is 0 Å². The van der Waals surface area contributed by atoms with Gasteiger partial charge < -0.3 is 14.7 Å². The molecule has 1 aromatic rings. The summed E-state index contributed by atoms with van der Waals surface area (Å²) in [6.45, 7) is 3.26. The lowest BCUT2D eigenvalue weighted by Crippen LogP contribution is -2.31. The molecule has 1 fully saturated rings. The van der Waals surface area contributed by atoms with Crippen LogP contribution in [0.1, 0.15) is 36.9 Å². The summed E-state index contributed by atoms with van der Waals surface area (Å²) in [7, 11) is 0. The predicted molar refractivity (Wildman–Crippen MR) is 76.1 cm³/mol. The van der Waals surface area contributed by atoms with E-state index in [1.165, 1.54) is 0 Å². The third kappa shape index (κ3) is 2.37. The lowest BCUT2D eigenvalue weighted by molar-refractivity contribution is -0.142. The Morgan fingerprint density at radius 3 is 3.00 bits per heavy atom. The molecule has 112 valence electrons. The zero-order valence-corrected chi connectivity index (χ0v) is 12.0. The number of likely N-dealkylation sites (tertiary alicyclic amines) is 1. The van der Waals surface area contributed by atoms with Crippen LogP contribution in [-0.2, 0) is 16.0 Å². The average Bonchev–Trinajstić information content (AvgIpc) is 3.04. The van der Waals surface area contributed by atoms with Gasteiger partial charge in [0.2, 0.25) is 5.91 Å². The molecule has 1 N–H and O–H groups in total. The van der Waals surface area contributed by atoms with Gasteiger partial charge in [-0.2, -0.15) is 0 Å². The van der Waals surface area contributed by atoms with Gasteiger partial charge in [0.1, 0.15) is 5.75 Å². The highest BCUT2D eigenvalue weighted by atomic mass is 16.5. The molecule has 2 aliphatic heterocycles. The van der Waals surface area contributed by atoms with Crippen LogP contribution in [0.2, 0.25) is 0 Å². The Hall–Kier alpha value is -2.04. The van der Waals surface area contributed by atoms with Gasteiger partial charge in [0, 0.05) is 19.4 Å². The molecule has 2 heterocycles. The van der Waals surface area contributed by atoms with Crippen molar-refractivity contribution < 1.29 is 19.4 Å². The van der Waals surface area contributed by atoms with Gasteiger partial charge in [-0.25, -0.2) is 0 Å². The maximum atomic E-state index is 12.1. The quantitative estimate of drug-likeness (QED) is 0.920. The van der Waals surface area contributed by atoms with Crippen LogP contribution >= 0.6 is 0 Å². The number of ether oxygens (including phenoxy) is 1. The molecule has 1 saturated heterocycles. The van der Waals surface area contributed by atoms with E-state index in [0.29, 0.717) is 13.2 Å². The van der Waals surface area contributed by atoms with Crippen molar-refractivity contribution in [3.05, 3.63) is 29.3 Å². The van der Waals surface area contributed by atoms with Gasteiger partial charge >= 0.3 is 5.97 Å². The molecule has 0 aliphatic carbocycles. The molecule has 5 nitrogen and oxygen atoms in total. The monoisotopic (exact) mass is 289 g/mol. The summed E-state index contributed by atoms with van der Waals surface area (Å²) < 4.78 is 5.49. The highest BCUT2D eigenvalue weighted by Crippen LogP contribution is 2.40. The molecule has 5 heteroatoms. The van der Waals surface area contributed by atoms with E-state index in [2.05, 4.69) is 0 Å². The lowest BCUT2D eigenvalue weighted by Gasteiger charge is -2.27. The smallest absolute Gasteiger partial charge is 0.309 e. The largest absolute Gasteiger partial charge is 0.493 e. The van der Waals surface area contributed by atoms with Crippen molar-refractivity contribution in [2.24, 2.45) is 5.92 Å². The highest BCUT2D eigenvalue weighted by molar-refractivity contribution is 5.87. The zero-order valence-electron chi connectivity index (χ0n) is 12.0. The maximum absolute atomic E-state index is 12.1. The number of carboxylic acid groups (broad SMARTS) is 1. The number of amides is 1. The first-order chi connectivity index (χ1) is 10.1. The molecule has 3 rings (SSSR count). The second-order valence-electron chi connectivity index (χ2n) is 5.65. The van der Waals surface area contributed by atoms with Crippen molar-refractivity contribution in [1.29, 1.82) is 0 Å². The number of nitrogens with zero attached hydrogens (tertiary/aromatic N) is 1. The fourth-order valence-electron chi connectivity index (χ4n) is 3.32. The summed E-state index contributed by atoms with van der Waals surface area (Å²) in [6.07, 6.45) is 1.76. The van der Waals surface area contributed by atoms with Gasteiger partial charge in [0.15, 0.2) is 0 Å². The standard InChI is InChI=1S/C16H19NO4/c1-2-6-17-14(18)9-12(16(19)20)15(17)11-3-4-13-10(8-11)5-7-21-13/h3-4,8,12,15H,2,5-7,9H2,1H3,(H,19,20). The topological polar surface area (TPSA) is 66.8 Å². The van der Waals surface area contributed by atoms with Crippen LogP contribution in [0.5, 0.6) is 5.75 Å². The molecule has 2 atom stereocenters. The number of hydrogen-bond donors (Lipinski definition) is 1. The zero-order chi connectivity index (χ0) is 15.0. The van der Waals surface area contributed by atoms with Crippen molar-refractivity contribution in [2.45, 2.75) is 32.2 Å². The van der Waals surface area contributed by atoms with Crippen molar-refractivity contribution in [3.63, 3.8) is 0 Å². The van der Waals surface area contributed by atoms with Gasteiger partial charge in [-0.15, -0.1) is 0 Å². The van der Waals surface area contributed by atoms with Crippen molar-refractivity contribution in [1.82, 2.24) is 4.90 Å². The average molecular weight is 289 g/mol. The van der Waals surface area contributed by atoms with Crippen LogP contribution in [-0.4, -0.2) is 35.0 Å². The number of benzene rings is 1. The minimum absolute atomic E-state index is 0.0639. The number of carboxylic acids is 1. The number of carbonyl (C=O) groups excluding carboxylic acids is 1. The van der Waals surface area contributed by atoms with Gasteiger partial charge in [0.05, 0.1) is 18.6 Å². The minimum atomic E-state index is -0.899.